The minimum Gasteiger partial charge on any atom is -0.375 e. The molecule has 2 nitrogen and oxygen atoms in total. The van der Waals surface area contributed by atoms with E-state index in [1.807, 2.05) is 0 Å². The summed E-state index contributed by atoms with van der Waals surface area (Å²) in [5.41, 5.74) is 7.85. The second-order valence-corrected chi connectivity index (χ2v) is 6.69. The van der Waals surface area contributed by atoms with Crippen LogP contribution >= 0.6 is 0 Å². The molecule has 1 spiro atoms. The summed E-state index contributed by atoms with van der Waals surface area (Å²) >= 11 is 0. The van der Waals surface area contributed by atoms with Crippen molar-refractivity contribution in [3.63, 3.8) is 0 Å². The molecule has 20 heavy (non-hydrogen) atoms. The van der Waals surface area contributed by atoms with Gasteiger partial charge in [0.2, 0.25) is 0 Å². The summed E-state index contributed by atoms with van der Waals surface area (Å²) < 4.78 is 6.12. The molecule has 2 fully saturated rings. The predicted octanol–water partition coefficient (Wildman–Crippen LogP) is 4.21. The van der Waals surface area contributed by atoms with Gasteiger partial charge in [0.1, 0.15) is 0 Å². The summed E-state index contributed by atoms with van der Waals surface area (Å²) in [6.07, 6.45) is 10.1. The number of benzene rings is 1. The Morgan fingerprint density at radius 3 is 2.70 bits per heavy atom. The smallest absolute Gasteiger partial charge is 0.0685 e. The van der Waals surface area contributed by atoms with E-state index in [1.54, 1.807) is 0 Å². The lowest BCUT2D eigenvalue weighted by Crippen LogP contribution is -2.37. The van der Waals surface area contributed by atoms with Gasteiger partial charge in [-0.1, -0.05) is 43.2 Å². The van der Waals surface area contributed by atoms with Gasteiger partial charge >= 0.3 is 0 Å². The van der Waals surface area contributed by atoms with Gasteiger partial charge < -0.3 is 10.5 Å². The van der Waals surface area contributed by atoms with E-state index in [-0.39, 0.29) is 11.6 Å². The van der Waals surface area contributed by atoms with Crippen LogP contribution in [-0.2, 0) is 4.74 Å². The van der Waals surface area contributed by atoms with Crippen LogP contribution in [0.4, 0.5) is 0 Å². The molecule has 1 saturated carbocycles. The molecule has 0 radical (unpaired) electrons. The van der Waals surface area contributed by atoms with Gasteiger partial charge in [-0.25, -0.2) is 0 Å². The van der Waals surface area contributed by atoms with Gasteiger partial charge in [-0.2, -0.15) is 0 Å². The fourth-order valence-electron chi connectivity index (χ4n) is 4.03. The van der Waals surface area contributed by atoms with E-state index >= 15 is 0 Å². The first-order valence-corrected chi connectivity index (χ1v) is 8.22. The molecule has 1 saturated heterocycles. The third-order valence-corrected chi connectivity index (χ3v) is 5.22. The lowest BCUT2D eigenvalue weighted by atomic mass is 9.81. The molecule has 1 heterocycles. The van der Waals surface area contributed by atoms with E-state index in [4.69, 9.17) is 10.5 Å². The second kappa shape index (κ2) is 6.28. The van der Waals surface area contributed by atoms with Gasteiger partial charge in [-0.3, -0.25) is 0 Å². The van der Waals surface area contributed by atoms with E-state index in [2.05, 4.69) is 30.3 Å². The number of nitrogens with two attached hydrogens (primary N) is 1. The van der Waals surface area contributed by atoms with Crippen LogP contribution in [0.3, 0.4) is 0 Å². The van der Waals surface area contributed by atoms with Crippen molar-refractivity contribution in [3.05, 3.63) is 35.9 Å². The van der Waals surface area contributed by atoms with Gasteiger partial charge in [0.25, 0.3) is 0 Å². The fraction of sp³-hybridized carbons (Fsp3) is 0.667. The highest BCUT2D eigenvalue weighted by molar-refractivity contribution is 5.18. The highest BCUT2D eigenvalue weighted by Crippen LogP contribution is 2.43. The first-order chi connectivity index (χ1) is 9.77. The molecule has 1 aliphatic heterocycles. The Balaban J connectivity index is 1.51. The van der Waals surface area contributed by atoms with Crippen LogP contribution in [0.1, 0.15) is 63.0 Å². The Hall–Kier alpha value is -0.860. The molecule has 3 rings (SSSR count). The van der Waals surface area contributed by atoms with Crippen molar-refractivity contribution >= 4 is 0 Å². The third-order valence-electron chi connectivity index (χ3n) is 5.22. The Morgan fingerprint density at radius 2 is 1.95 bits per heavy atom. The zero-order valence-electron chi connectivity index (χ0n) is 12.4. The second-order valence-electron chi connectivity index (χ2n) is 6.69. The van der Waals surface area contributed by atoms with Gasteiger partial charge in [-0.05, 0) is 50.0 Å². The molecular weight excluding hydrogens is 246 g/mol. The van der Waals surface area contributed by atoms with Gasteiger partial charge in [-0.15, -0.1) is 0 Å². The monoisotopic (exact) mass is 273 g/mol. The van der Waals surface area contributed by atoms with Crippen LogP contribution in [0.2, 0.25) is 0 Å². The van der Waals surface area contributed by atoms with Crippen molar-refractivity contribution in [2.45, 2.75) is 63.0 Å². The molecule has 1 aromatic carbocycles. The molecular formula is C18H27NO. The molecule has 0 amide bonds. The van der Waals surface area contributed by atoms with E-state index in [9.17, 15) is 0 Å². The summed E-state index contributed by atoms with van der Waals surface area (Å²) in [4.78, 5) is 0. The van der Waals surface area contributed by atoms with Crippen molar-refractivity contribution in [1.82, 2.24) is 0 Å². The normalized spacial score (nSPS) is 26.8. The van der Waals surface area contributed by atoms with Crippen molar-refractivity contribution in [3.8, 4) is 0 Å². The van der Waals surface area contributed by atoms with Crippen LogP contribution in [0, 0.1) is 5.92 Å². The van der Waals surface area contributed by atoms with Crippen LogP contribution in [0.15, 0.2) is 30.3 Å². The first kappa shape index (κ1) is 14.1. The summed E-state index contributed by atoms with van der Waals surface area (Å²) in [7, 11) is 0. The van der Waals surface area contributed by atoms with Gasteiger partial charge in [0.05, 0.1) is 5.60 Å². The van der Waals surface area contributed by atoms with Gasteiger partial charge in [0, 0.05) is 12.6 Å². The zero-order chi connectivity index (χ0) is 13.8. The molecule has 2 heteroatoms. The maximum Gasteiger partial charge on any atom is 0.0685 e. The van der Waals surface area contributed by atoms with Crippen molar-refractivity contribution in [1.29, 1.82) is 0 Å². The maximum absolute atomic E-state index is 6.33. The molecule has 110 valence electrons. The molecule has 2 atom stereocenters. The summed E-state index contributed by atoms with van der Waals surface area (Å²) in [5.74, 6) is 0.816. The van der Waals surface area contributed by atoms with E-state index in [0.29, 0.717) is 0 Å². The molecule has 0 bridgehead atoms. The average molecular weight is 273 g/mol. The highest BCUT2D eigenvalue weighted by atomic mass is 16.5. The Bertz CT molecular complexity index is 411. The van der Waals surface area contributed by atoms with E-state index < -0.39 is 0 Å². The topological polar surface area (TPSA) is 35.2 Å². The van der Waals surface area contributed by atoms with E-state index in [0.717, 1.165) is 18.9 Å². The predicted molar refractivity (Wildman–Crippen MR) is 82.5 cm³/mol. The molecule has 0 aromatic heterocycles. The van der Waals surface area contributed by atoms with Crippen molar-refractivity contribution in [2.75, 3.05) is 6.61 Å². The molecule has 1 aliphatic carbocycles. The summed E-state index contributed by atoms with van der Waals surface area (Å²) in [6, 6.07) is 10.7. The quantitative estimate of drug-likeness (QED) is 0.892. The van der Waals surface area contributed by atoms with Crippen LogP contribution in [0.5, 0.6) is 0 Å². The zero-order valence-corrected chi connectivity index (χ0v) is 12.4. The number of hydrogen-bond acceptors (Lipinski definition) is 2. The van der Waals surface area contributed by atoms with Crippen LogP contribution in [-0.4, -0.2) is 12.2 Å². The Labute approximate surface area is 122 Å². The van der Waals surface area contributed by atoms with Crippen molar-refractivity contribution in [2.24, 2.45) is 11.7 Å². The van der Waals surface area contributed by atoms with Crippen LogP contribution < -0.4 is 5.73 Å². The number of hydrogen-bond donors (Lipinski definition) is 1. The third kappa shape index (κ3) is 3.24. The van der Waals surface area contributed by atoms with Gasteiger partial charge in [0.15, 0.2) is 0 Å². The Morgan fingerprint density at radius 1 is 1.20 bits per heavy atom. The lowest BCUT2D eigenvalue weighted by Gasteiger charge is -2.38. The minimum absolute atomic E-state index is 0.193. The first-order valence-electron chi connectivity index (χ1n) is 8.22. The standard InChI is InChI=1S/C18H27NO/c19-17(16-6-2-1-3-7-16)9-8-15-10-13-20-18(14-15)11-4-5-12-18/h1-3,6-7,15,17H,4-5,8-14,19H2. The van der Waals surface area contributed by atoms with Crippen LogP contribution in [0.25, 0.3) is 0 Å². The molecule has 2 N–H and O–H groups in total. The lowest BCUT2D eigenvalue weighted by molar-refractivity contribution is -0.0940. The Kier molecular flexibility index (Phi) is 4.42. The number of rotatable bonds is 4. The average Bonchev–Trinajstić information content (AvgIpc) is 2.93. The SMILES string of the molecule is NC(CCC1CCOC2(CCCC2)C1)c1ccccc1. The highest BCUT2D eigenvalue weighted by Gasteiger charge is 2.39. The van der Waals surface area contributed by atoms with E-state index in [1.165, 1.54) is 50.5 Å². The maximum atomic E-state index is 6.33. The summed E-state index contributed by atoms with van der Waals surface area (Å²) in [5, 5.41) is 0. The number of ether oxygens (including phenoxy) is 1. The molecule has 2 aliphatic rings. The molecule has 2 unspecified atom stereocenters. The molecule has 1 aromatic rings. The van der Waals surface area contributed by atoms with Crippen molar-refractivity contribution < 1.29 is 4.74 Å². The summed E-state index contributed by atoms with van der Waals surface area (Å²) in [6.45, 7) is 0.964. The minimum atomic E-state index is 0.193. The fourth-order valence-corrected chi connectivity index (χ4v) is 4.03. The largest absolute Gasteiger partial charge is 0.375 e.